The molecule has 10 heteroatoms. The summed E-state index contributed by atoms with van der Waals surface area (Å²) in [5.41, 5.74) is -0.560. The summed E-state index contributed by atoms with van der Waals surface area (Å²) in [7, 11) is 0. The van der Waals surface area contributed by atoms with E-state index in [1.807, 2.05) is 20.8 Å². The van der Waals surface area contributed by atoms with Gasteiger partial charge in [0.1, 0.15) is 5.65 Å². The maximum absolute atomic E-state index is 13.4. The van der Waals surface area contributed by atoms with Gasteiger partial charge in [-0.2, -0.15) is 9.61 Å². The average Bonchev–Trinajstić information content (AvgIpc) is 3.32. The molecule has 3 heterocycles. The highest BCUT2D eigenvalue weighted by molar-refractivity contribution is 5.97. The van der Waals surface area contributed by atoms with Crippen LogP contribution >= 0.6 is 0 Å². The van der Waals surface area contributed by atoms with Crippen LogP contribution in [0.2, 0.25) is 0 Å². The van der Waals surface area contributed by atoms with Crippen LogP contribution in [0.15, 0.2) is 10.9 Å². The summed E-state index contributed by atoms with van der Waals surface area (Å²) in [6.07, 6.45) is 6.80. The zero-order valence-corrected chi connectivity index (χ0v) is 21.7. The van der Waals surface area contributed by atoms with Gasteiger partial charge in [-0.25, -0.2) is 0 Å². The zero-order valence-electron chi connectivity index (χ0n) is 21.7. The fourth-order valence-corrected chi connectivity index (χ4v) is 4.97. The van der Waals surface area contributed by atoms with Gasteiger partial charge in [0.25, 0.3) is 11.5 Å². The Kier molecular flexibility index (Phi) is 7.01. The van der Waals surface area contributed by atoms with E-state index in [4.69, 9.17) is 0 Å². The van der Waals surface area contributed by atoms with Crippen LogP contribution in [-0.2, 0) is 17.8 Å². The van der Waals surface area contributed by atoms with Crippen LogP contribution in [-0.4, -0.2) is 65.3 Å². The standard InChI is InChI=1S/C26H37N5O5/c1-6-18-17(11-12-20(32)29-13-7-8-19(29)26(4,5)36)23-30(14-15(2)3)24(34)21(25(35)31(23)28-18)22(33)27-16-9-10-16/h11-12,15-16,19,34,36H,6-10,13-14H2,1-5H3,(H,27,33). The van der Waals surface area contributed by atoms with Crippen molar-refractivity contribution in [1.29, 1.82) is 0 Å². The molecule has 2 fully saturated rings. The quantitative estimate of drug-likeness (QED) is 0.477. The van der Waals surface area contributed by atoms with Crippen molar-refractivity contribution >= 4 is 23.5 Å². The first-order chi connectivity index (χ1) is 16.9. The van der Waals surface area contributed by atoms with E-state index in [0.29, 0.717) is 36.4 Å². The van der Waals surface area contributed by atoms with Crippen molar-refractivity contribution in [2.24, 2.45) is 5.92 Å². The first-order valence-electron chi connectivity index (χ1n) is 12.8. The molecule has 1 unspecified atom stereocenters. The molecule has 1 aliphatic carbocycles. The maximum atomic E-state index is 13.4. The first-order valence-corrected chi connectivity index (χ1v) is 12.8. The molecule has 1 atom stereocenters. The molecule has 1 saturated carbocycles. The number of aromatic hydroxyl groups is 1. The maximum Gasteiger partial charge on any atom is 0.291 e. The van der Waals surface area contributed by atoms with Gasteiger partial charge in [-0.3, -0.25) is 19.0 Å². The molecule has 0 spiro atoms. The summed E-state index contributed by atoms with van der Waals surface area (Å²) in [6.45, 7) is 10.1. The lowest BCUT2D eigenvalue weighted by Crippen LogP contribution is -2.47. The van der Waals surface area contributed by atoms with Crippen molar-refractivity contribution in [3.05, 3.63) is 33.3 Å². The van der Waals surface area contributed by atoms with E-state index < -0.39 is 22.9 Å². The Morgan fingerprint density at radius 2 is 1.94 bits per heavy atom. The van der Waals surface area contributed by atoms with E-state index >= 15 is 0 Å². The average molecular weight is 500 g/mol. The number of carbonyl (C=O) groups excluding carboxylic acids is 2. The Labute approximate surface area is 210 Å². The largest absolute Gasteiger partial charge is 0.494 e. The number of aliphatic hydroxyl groups is 1. The first kappa shape index (κ1) is 25.9. The van der Waals surface area contributed by atoms with E-state index in [1.165, 1.54) is 10.6 Å². The molecule has 2 aliphatic rings. The predicted octanol–water partition coefficient (Wildman–Crippen LogP) is 2.09. The lowest BCUT2D eigenvalue weighted by Gasteiger charge is -2.33. The van der Waals surface area contributed by atoms with Crippen LogP contribution in [0.4, 0.5) is 0 Å². The highest BCUT2D eigenvalue weighted by Gasteiger charge is 2.38. The number of carbonyl (C=O) groups is 2. The third-order valence-corrected chi connectivity index (χ3v) is 6.88. The Balaban J connectivity index is 1.82. The van der Waals surface area contributed by atoms with E-state index in [-0.39, 0.29) is 29.5 Å². The Hall–Kier alpha value is -3.14. The van der Waals surface area contributed by atoms with Gasteiger partial charge in [-0.1, -0.05) is 20.8 Å². The number of aromatic nitrogens is 3. The molecule has 0 radical (unpaired) electrons. The second kappa shape index (κ2) is 9.72. The number of rotatable bonds is 8. The summed E-state index contributed by atoms with van der Waals surface area (Å²) in [4.78, 5) is 41.0. The minimum absolute atomic E-state index is 0.0252. The number of amides is 2. The summed E-state index contributed by atoms with van der Waals surface area (Å²) in [6, 6.07) is -0.253. The Morgan fingerprint density at radius 3 is 2.53 bits per heavy atom. The molecule has 196 valence electrons. The minimum Gasteiger partial charge on any atom is -0.494 e. The van der Waals surface area contributed by atoms with Crippen LogP contribution in [0.3, 0.4) is 0 Å². The zero-order chi connectivity index (χ0) is 26.4. The third kappa shape index (κ3) is 4.91. The van der Waals surface area contributed by atoms with E-state index in [9.17, 15) is 24.6 Å². The van der Waals surface area contributed by atoms with Crippen LogP contribution in [0.25, 0.3) is 11.7 Å². The molecular weight excluding hydrogens is 462 g/mol. The molecule has 0 aromatic carbocycles. The van der Waals surface area contributed by atoms with E-state index in [0.717, 1.165) is 25.7 Å². The fourth-order valence-electron chi connectivity index (χ4n) is 4.97. The van der Waals surface area contributed by atoms with E-state index in [2.05, 4.69) is 10.4 Å². The van der Waals surface area contributed by atoms with Gasteiger partial charge in [0.05, 0.1) is 17.3 Å². The normalized spacial score (nSPS) is 18.6. The van der Waals surface area contributed by atoms with Crippen molar-refractivity contribution in [3.63, 3.8) is 0 Å². The number of likely N-dealkylation sites (tertiary alicyclic amines) is 1. The van der Waals surface area contributed by atoms with Crippen molar-refractivity contribution in [1.82, 2.24) is 24.4 Å². The van der Waals surface area contributed by atoms with Gasteiger partial charge in [0, 0.05) is 30.8 Å². The Bertz CT molecular complexity index is 1260. The molecule has 1 saturated heterocycles. The van der Waals surface area contributed by atoms with Gasteiger partial charge in [0.15, 0.2) is 5.56 Å². The number of nitrogens with zero attached hydrogens (tertiary/aromatic N) is 4. The van der Waals surface area contributed by atoms with Crippen molar-refractivity contribution in [3.8, 4) is 5.88 Å². The van der Waals surface area contributed by atoms with Crippen LogP contribution < -0.4 is 10.9 Å². The molecule has 2 aromatic heterocycles. The number of hydrogen-bond acceptors (Lipinski definition) is 6. The molecule has 4 rings (SSSR count). The van der Waals surface area contributed by atoms with Gasteiger partial charge < -0.3 is 20.4 Å². The lowest BCUT2D eigenvalue weighted by molar-refractivity contribution is -0.131. The third-order valence-electron chi connectivity index (χ3n) is 6.88. The smallest absolute Gasteiger partial charge is 0.291 e. The van der Waals surface area contributed by atoms with Crippen molar-refractivity contribution in [2.45, 2.75) is 91.0 Å². The van der Waals surface area contributed by atoms with Crippen molar-refractivity contribution in [2.75, 3.05) is 6.54 Å². The van der Waals surface area contributed by atoms with Gasteiger partial charge >= 0.3 is 0 Å². The minimum atomic E-state index is -1.01. The van der Waals surface area contributed by atoms with Crippen LogP contribution in [0.1, 0.15) is 81.9 Å². The molecule has 1 aliphatic heterocycles. The SMILES string of the molecule is CCc1nn2c(=O)c(C(=O)NC3CC3)c(O)n(CC(C)C)c2c1C=CC(=O)N1CCCC1C(C)(C)O. The summed E-state index contributed by atoms with van der Waals surface area (Å²) in [5.74, 6) is -1.14. The second-order valence-electron chi connectivity index (χ2n) is 10.9. The molecule has 2 aromatic rings. The molecule has 36 heavy (non-hydrogen) atoms. The second-order valence-corrected chi connectivity index (χ2v) is 10.9. The molecular formula is C26H37N5O5. The highest BCUT2D eigenvalue weighted by atomic mass is 16.3. The van der Waals surface area contributed by atoms with Crippen LogP contribution in [0, 0.1) is 5.92 Å². The number of hydrogen-bond donors (Lipinski definition) is 3. The lowest BCUT2D eigenvalue weighted by atomic mass is 9.96. The van der Waals surface area contributed by atoms with E-state index in [1.54, 1.807) is 29.4 Å². The number of fused-ring (bicyclic) bond motifs is 1. The van der Waals surface area contributed by atoms with Crippen LogP contribution in [0.5, 0.6) is 5.88 Å². The Morgan fingerprint density at radius 1 is 1.25 bits per heavy atom. The monoisotopic (exact) mass is 499 g/mol. The molecule has 3 N–H and O–H groups in total. The van der Waals surface area contributed by atoms with Gasteiger partial charge in [0.2, 0.25) is 11.8 Å². The number of aryl methyl sites for hydroxylation is 1. The van der Waals surface area contributed by atoms with Gasteiger partial charge in [-0.15, -0.1) is 0 Å². The van der Waals surface area contributed by atoms with Gasteiger partial charge in [-0.05, 0) is 57.9 Å². The predicted molar refractivity (Wildman–Crippen MR) is 136 cm³/mol. The molecule has 2 amide bonds. The number of nitrogens with one attached hydrogen (secondary N) is 1. The molecule has 10 nitrogen and oxygen atoms in total. The molecule has 0 bridgehead atoms. The fraction of sp³-hybridized carbons (Fsp3) is 0.615. The highest BCUT2D eigenvalue weighted by Crippen LogP contribution is 2.29. The summed E-state index contributed by atoms with van der Waals surface area (Å²) in [5, 5.41) is 28.9. The summed E-state index contributed by atoms with van der Waals surface area (Å²) < 4.78 is 2.71. The summed E-state index contributed by atoms with van der Waals surface area (Å²) >= 11 is 0. The topological polar surface area (TPSA) is 129 Å². The van der Waals surface area contributed by atoms with Crippen molar-refractivity contribution < 1.29 is 19.8 Å².